The van der Waals surface area contributed by atoms with Crippen molar-refractivity contribution in [1.29, 1.82) is 0 Å². The molecule has 0 radical (unpaired) electrons. The maximum Gasteiger partial charge on any atom is 0.228 e. The fraction of sp³-hybridized carbons (Fsp3) is 0.118. The Balaban J connectivity index is 1.87. The molecule has 0 aromatic heterocycles. The van der Waals surface area contributed by atoms with Gasteiger partial charge < -0.3 is 20.9 Å². The number of methoxy groups -OCH3 is 1. The lowest BCUT2D eigenvalue weighted by Crippen LogP contribution is -2.20. The van der Waals surface area contributed by atoms with Crippen LogP contribution in [0.5, 0.6) is 5.75 Å². The number of ether oxygens (including phenoxy) is 1. The number of benzene rings is 2. The fourth-order valence-corrected chi connectivity index (χ4v) is 2.61. The summed E-state index contributed by atoms with van der Waals surface area (Å²) in [5, 5.41) is 2.89. The maximum atomic E-state index is 11.9. The minimum Gasteiger partial charge on any atom is -0.495 e. The monoisotopic (exact) mass is 373 g/mol. The second-order valence-electron chi connectivity index (χ2n) is 5.01. The lowest BCUT2D eigenvalue weighted by Gasteiger charge is -2.17. The topological polar surface area (TPSA) is 62.4 Å². The number of halogens is 1. The quantitative estimate of drug-likeness (QED) is 0.714. The van der Waals surface area contributed by atoms with Crippen LogP contribution in [0.15, 0.2) is 53.0 Å². The van der Waals surface area contributed by atoms with Crippen LogP contribution in [-0.2, 0) is 4.79 Å². The van der Waals surface area contributed by atoms with E-state index in [2.05, 4.69) is 32.1 Å². The van der Waals surface area contributed by atoms with Gasteiger partial charge >= 0.3 is 0 Å². The molecule has 1 aliphatic rings. The van der Waals surface area contributed by atoms with Gasteiger partial charge in [-0.05, 0) is 36.4 Å². The third kappa shape index (κ3) is 3.48. The number of carbonyl (C=O) groups excluding carboxylic acids is 1. The molecule has 0 saturated carbocycles. The summed E-state index contributed by atoms with van der Waals surface area (Å²) in [6.45, 7) is 0. The van der Waals surface area contributed by atoms with Gasteiger partial charge in [0.15, 0.2) is 0 Å². The van der Waals surface area contributed by atoms with Gasteiger partial charge in [-0.15, -0.1) is 0 Å². The molecule has 3 rings (SSSR count). The Morgan fingerprint density at radius 3 is 2.65 bits per heavy atom. The molecule has 2 aromatic rings. The highest BCUT2D eigenvalue weighted by atomic mass is 79.9. The average molecular weight is 374 g/mol. The van der Waals surface area contributed by atoms with Crippen LogP contribution in [0.25, 0.3) is 5.70 Å². The van der Waals surface area contributed by atoms with Crippen LogP contribution in [0.4, 0.5) is 11.4 Å². The first kappa shape index (κ1) is 15.4. The van der Waals surface area contributed by atoms with Gasteiger partial charge in [0.1, 0.15) is 5.75 Å². The first-order chi connectivity index (χ1) is 11.2. The molecule has 1 amide bonds. The van der Waals surface area contributed by atoms with E-state index in [1.165, 1.54) is 0 Å². The molecule has 1 heterocycles. The van der Waals surface area contributed by atoms with E-state index in [1.54, 1.807) is 7.11 Å². The summed E-state index contributed by atoms with van der Waals surface area (Å²) < 4.78 is 6.36. The van der Waals surface area contributed by atoms with Crippen molar-refractivity contribution in [3.05, 3.63) is 58.6 Å². The van der Waals surface area contributed by atoms with Crippen LogP contribution in [0.3, 0.4) is 0 Å². The van der Waals surface area contributed by atoms with E-state index in [9.17, 15) is 4.79 Å². The largest absolute Gasteiger partial charge is 0.495 e. The highest BCUT2D eigenvalue weighted by Gasteiger charge is 2.18. The Bertz CT molecular complexity index is 757. The minimum atomic E-state index is -0.0730. The van der Waals surface area contributed by atoms with E-state index < -0.39 is 0 Å². The molecule has 0 atom stereocenters. The van der Waals surface area contributed by atoms with Crippen LogP contribution in [0, 0.1) is 0 Å². The average Bonchev–Trinajstić information content (AvgIpc) is 2.72. The van der Waals surface area contributed by atoms with Crippen molar-refractivity contribution in [2.45, 2.75) is 6.42 Å². The zero-order valence-electron chi connectivity index (χ0n) is 12.5. The van der Waals surface area contributed by atoms with Gasteiger partial charge in [-0.1, -0.05) is 28.1 Å². The minimum absolute atomic E-state index is 0.0730. The van der Waals surface area contributed by atoms with Gasteiger partial charge in [0.2, 0.25) is 5.91 Å². The lowest BCUT2D eigenvalue weighted by atomic mass is 10.1. The first-order valence-electron chi connectivity index (χ1n) is 7.12. The number of hydrazine groups is 1. The van der Waals surface area contributed by atoms with Gasteiger partial charge in [-0.3, -0.25) is 4.79 Å². The molecule has 1 aliphatic heterocycles. The smallest absolute Gasteiger partial charge is 0.228 e. The van der Waals surface area contributed by atoms with Gasteiger partial charge in [0.25, 0.3) is 0 Å². The predicted octanol–water partition coefficient (Wildman–Crippen LogP) is 3.76. The van der Waals surface area contributed by atoms with Crippen molar-refractivity contribution >= 4 is 38.9 Å². The van der Waals surface area contributed by atoms with Crippen LogP contribution in [0.2, 0.25) is 0 Å². The van der Waals surface area contributed by atoms with Crippen molar-refractivity contribution in [3.63, 3.8) is 0 Å². The van der Waals surface area contributed by atoms with Crippen LogP contribution in [-0.4, -0.2) is 13.0 Å². The Hall–Kier alpha value is -2.47. The Labute approximate surface area is 142 Å². The number of rotatable bonds is 4. The number of para-hydroxylation sites is 1. The highest BCUT2D eigenvalue weighted by Crippen LogP contribution is 2.34. The number of hydrogen-bond donors (Lipinski definition) is 3. The second-order valence-corrected chi connectivity index (χ2v) is 5.93. The number of nitrogens with one attached hydrogen (secondary N) is 3. The molecule has 0 spiro atoms. The van der Waals surface area contributed by atoms with E-state index in [4.69, 9.17) is 4.74 Å². The summed E-state index contributed by atoms with van der Waals surface area (Å²) in [4.78, 5) is 11.9. The van der Waals surface area contributed by atoms with Gasteiger partial charge in [0, 0.05) is 16.5 Å². The van der Waals surface area contributed by atoms with Crippen LogP contribution in [0.1, 0.15) is 12.0 Å². The number of anilines is 2. The van der Waals surface area contributed by atoms with E-state index in [0.29, 0.717) is 17.9 Å². The van der Waals surface area contributed by atoms with Crippen molar-refractivity contribution in [2.24, 2.45) is 0 Å². The summed E-state index contributed by atoms with van der Waals surface area (Å²) >= 11 is 3.41. The van der Waals surface area contributed by atoms with Gasteiger partial charge in [-0.25, -0.2) is 0 Å². The number of fused-ring (bicyclic) bond motifs is 1. The summed E-state index contributed by atoms with van der Waals surface area (Å²) in [6.07, 6.45) is 2.15. The van der Waals surface area contributed by atoms with Crippen LogP contribution < -0.4 is 20.9 Å². The second kappa shape index (κ2) is 6.75. The number of hydrogen-bond acceptors (Lipinski definition) is 4. The van der Waals surface area contributed by atoms with Crippen LogP contribution >= 0.6 is 15.9 Å². The van der Waals surface area contributed by atoms with E-state index in [-0.39, 0.29) is 5.91 Å². The molecule has 2 aromatic carbocycles. The molecular formula is C17H16BrN3O2. The SMILES string of the molecule is COc1cccc2c1NC(=O)CC=C2NNc1ccc(Br)cc1. The molecule has 0 saturated heterocycles. The lowest BCUT2D eigenvalue weighted by molar-refractivity contribution is -0.115. The maximum absolute atomic E-state index is 11.9. The van der Waals surface area contributed by atoms with E-state index in [1.807, 2.05) is 48.5 Å². The molecule has 0 aliphatic carbocycles. The highest BCUT2D eigenvalue weighted by molar-refractivity contribution is 9.10. The molecule has 6 heteroatoms. The third-order valence-corrected chi connectivity index (χ3v) is 4.01. The van der Waals surface area contributed by atoms with Crippen molar-refractivity contribution < 1.29 is 9.53 Å². The number of amides is 1. The number of carbonyl (C=O) groups is 1. The predicted molar refractivity (Wildman–Crippen MR) is 95.1 cm³/mol. The molecule has 23 heavy (non-hydrogen) atoms. The molecular weight excluding hydrogens is 358 g/mol. The molecule has 118 valence electrons. The molecule has 0 unspecified atom stereocenters. The zero-order chi connectivity index (χ0) is 16.2. The van der Waals surface area contributed by atoms with E-state index >= 15 is 0 Å². The summed E-state index contributed by atoms with van der Waals surface area (Å²) in [6, 6.07) is 13.5. The molecule has 5 nitrogen and oxygen atoms in total. The summed E-state index contributed by atoms with van der Waals surface area (Å²) in [5.74, 6) is 0.560. The summed E-state index contributed by atoms with van der Waals surface area (Å²) in [5.41, 5.74) is 9.60. The molecule has 0 bridgehead atoms. The van der Waals surface area contributed by atoms with Crippen molar-refractivity contribution in [2.75, 3.05) is 17.9 Å². The summed E-state index contributed by atoms with van der Waals surface area (Å²) in [7, 11) is 1.59. The fourth-order valence-electron chi connectivity index (χ4n) is 2.34. The Morgan fingerprint density at radius 1 is 1.13 bits per heavy atom. The van der Waals surface area contributed by atoms with Crippen molar-refractivity contribution in [1.82, 2.24) is 5.43 Å². The third-order valence-electron chi connectivity index (χ3n) is 3.48. The van der Waals surface area contributed by atoms with Crippen molar-refractivity contribution in [3.8, 4) is 5.75 Å². The van der Waals surface area contributed by atoms with E-state index in [0.717, 1.165) is 21.4 Å². The van der Waals surface area contributed by atoms with Gasteiger partial charge in [-0.2, -0.15) is 0 Å². The Kier molecular flexibility index (Phi) is 4.52. The zero-order valence-corrected chi connectivity index (χ0v) is 14.1. The first-order valence-corrected chi connectivity index (χ1v) is 7.91. The molecule has 3 N–H and O–H groups in total. The Morgan fingerprint density at radius 2 is 1.91 bits per heavy atom. The normalized spacial score (nSPS) is 13.3. The molecule has 0 fully saturated rings. The van der Waals surface area contributed by atoms with Gasteiger partial charge in [0.05, 0.1) is 24.2 Å². The standard InChI is InChI=1S/C17H16BrN3O2/c1-23-15-4-2-3-13-14(9-10-16(22)19-17(13)15)21-20-12-7-5-11(18)6-8-12/h2-9,20-21H,10H2,1H3,(H,19,22).